The van der Waals surface area contributed by atoms with Crippen LogP contribution in [0.1, 0.15) is 25.7 Å². The quantitative estimate of drug-likeness (QED) is 0.857. The minimum atomic E-state index is -3.47. The minimum absolute atomic E-state index is 0.217. The number of benzene rings is 1. The Labute approximate surface area is 137 Å². The second kappa shape index (κ2) is 7.76. The summed E-state index contributed by atoms with van der Waals surface area (Å²) in [5.41, 5.74) is 0.665. The molecular formula is C15H23N3O4S. The van der Waals surface area contributed by atoms with Crippen LogP contribution in [-0.4, -0.2) is 45.1 Å². The zero-order valence-electron chi connectivity index (χ0n) is 13.4. The highest BCUT2D eigenvalue weighted by Crippen LogP contribution is 2.22. The highest BCUT2D eigenvalue weighted by molar-refractivity contribution is 7.87. The molecule has 1 aliphatic rings. The van der Waals surface area contributed by atoms with Crippen molar-refractivity contribution in [3.63, 3.8) is 0 Å². The normalized spacial score (nSPS) is 21.9. The maximum atomic E-state index is 11.9. The number of anilines is 1. The molecule has 128 valence electrons. The molecule has 1 amide bonds. The molecule has 0 radical (unpaired) electrons. The fourth-order valence-corrected chi connectivity index (χ4v) is 3.34. The average Bonchev–Trinajstić information content (AvgIpc) is 2.47. The predicted octanol–water partition coefficient (Wildman–Crippen LogP) is 1.94. The molecular weight excluding hydrogens is 318 g/mol. The number of carbonyl (C=O) groups is 1. The van der Waals surface area contributed by atoms with Crippen molar-refractivity contribution < 1.29 is 17.9 Å². The van der Waals surface area contributed by atoms with Gasteiger partial charge in [-0.2, -0.15) is 17.4 Å². The Kier molecular flexibility index (Phi) is 5.97. The maximum absolute atomic E-state index is 11.9. The van der Waals surface area contributed by atoms with Gasteiger partial charge in [-0.3, -0.25) is 5.32 Å². The van der Waals surface area contributed by atoms with Crippen LogP contribution in [0.3, 0.4) is 0 Å². The van der Waals surface area contributed by atoms with E-state index in [2.05, 4.69) is 10.0 Å². The lowest BCUT2D eigenvalue weighted by Gasteiger charge is -2.30. The first-order valence-corrected chi connectivity index (χ1v) is 9.03. The Morgan fingerprint density at radius 1 is 1.22 bits per heavy atom. The summed E-state index contributed by atoms with van der Waals surface area (Å²) in [6.07, 6.45) is 1.97. The number of hydrogen-bond acceptors (Lipinski definition) is 4. The molecule has 0 saturated heterocycles. The summed E-state index contributed by atoms with van der Waals surface area (Å²) in [5, 5.41) is 2.66. The van der Waals surface area contributed by atoms with Crippen LogP contribution in [0.25, 0.3) is 0 Å². The molecule has 0 aliphatic heterocycles. The second-order valence-corrected chi connectivity index (χ2v) is 7.70. The van der Waals surface area contributed by atoms with Crippen molar-refractivity contribution in [2.45, 2.75) is 37.8 Å². The van der Waals surface area contributed by atoms with E-state index in [1.165, 1.54) is 14.1 Å². The molecule has 0 aromatic heterocycles. The van der Waals surface area contributed by atoms with E-state index in [4.69, 9.17) is 4.74 Å². The van der Waals surface area contributed by atoms with Gasteiger partial charge in [0.25, 0.3) is 10.2 Å². The molecule has 2 unspecified atom stereocenters. The minimum Gasteiger partial charge on any atom is -0.446 e. The van der Waals surface area contributed by atoms with E-state index in [-0.39, 0.29) is 12.1 Å². The van der Waals surface area contributed by atoms with Crippen molar-refractivity contribution in [2.24, 2.45) is 0 Å². The van der Waals surface area contributed by atoms with E-state index in [1.807, 2.05) is 18.2 Å². The molecule has 2 N–H and O–H groups in total. The molecule has 1 aliphatic carbocycles. The van der Waals surface area contributed by atoms with Gasteiger partial charge < -0.3 is 4.74 Å². The maximum Gasteiger partial charge on any atom is 0.411 e. The summed E-state index contributed by atoms with van der Waals surface area (Å²) in [5.74, 6) is 0. The number of para-hydroxylation sites is 1. The molecule has 2 rings (SSSR count). The summed E-state index contributed by atoms with van der Waals surface area (Å²) in [4.78, 5) is 11.9. The molecule has 0 heterocycles. The number of nitrogens with one attached hydrogen (secondary N) is 2. The lowest BCUT2D eigenvalue weighted by Crippen LogP contribution is -2.45. The van der Waals surface area contributed by atoms with Crippen LogP contribution in [0.4, 0.5) is 10.5 Å². The van der Waals surface area contributed by atoms with E-state index >= 15 is 0 Å². The third-order valence-electron chi connectivity index (χ3n) is 3.72. The second-order valence-electron chi connectivity index (χ2n) is 5.79. The molecule has 1 fully saturated rings. The molecule has 0 spiro atoms. The first-order valence-electron chi connectivity index (χ1n) is 7.59. The van der Waals surface area contributed by atoms with Crippen molar-refractivity contribution in [3.8, 4) is 0 Å². The third-order valence-corrected chi connectivity index (χ3v) is 5.31. The van der Waals surface area contributed by atoms with Gasteiger partial charge in [0.05, 0.1) is 0 Å². The van der Waals surface area contributed by atoms with Crippen molar-refractivity contribution in [1.29, 1.82) is 0 Å². The van der Waals surface area contributed by atoms with Crippen LogP contribution in [0.15, 0.2) is 30.3 Å². The Hall–Kier alpha value is -1.64. The Balaban J connectivity index is 1.85. The zero-order chi connectivity index (χ0) is 16.9. The zero-order valence-corrected chi connectivity index (χ0v) is 14.2. The van der Waals surface area contributed by atoms with Crippen LogP contribution in [0.2, 0.25) is 0 Å². The summed E-state index contributed by atoms with van der Waals surface area (Å²) >= 11 is 0. The first-order chi connectivity index (χ1) is 10.9. The van der Waals surface area contributed by atoms with Crippen LogP contribution < -0.4 is 10.0 Å². The summed E-state index contributed by atoms with van der Waals surface area (Å²) in [6.45, 7) is 0. The van der Waals surface area contributed by atoms with E-state index in [0.717, 1.165) is 23.6 Å². The number of rotatable bonds is 5. The van der Waals surface area contributed by atoms with Gasteiger partial charge in [-0.15, -0.1) is 0 Å². The van der Waals surface area contributed by atoms with Gasteiger partial charge in [-0.1, -0.05) is 18.2 Å². The summed E-state index contributed by atoms with van der Waals surface area (Å²) in [7, 11) is -0.514. The molecule has 0 bridgehead atoms. The topological polar surface area (TPSA) is 87.7 Å². The first kappa shape index (κ1) is 17.7. The Bertz CT molecular complexity index is 619. The number of hydrogen-bond donors (Lipinski definition) is 2. The molecule has 2 atom stereocenters. The van der Waals surface area contributed by atoms with Gasteiger partial charge >= 0.3 is 6.09 Å². The van der Waals surface area contributed by atoms with Gasteiger partial charge in [-0.25, -0.2) is 4.79 Å². The van der Waals surface area contributed by atoms with Crippen LogP contribution in [0, 0.1) is 0 Å². The molecule has 7 nitrogen and oxygen atoms in total. The van der Waals surface area contributed by atoms with Crippen molar-refractivity contribution in [3.05, 3.63) is 30.3 Å². The van der Waals surface area contributed by atoms with Crippen LogP contribution >= 0.6 is 0 Å². The standard InChI is InChI=1S/C15H23N3O4S/c1-18(2)23(20,21)17-13-9-6-10-14(11-13)22-15(19)16-12-7-4-3-5-8-12/h3-5,7-8,13-14,17H,6,9-11H2,1-2H3,(H,16,19). The number of amides is 1. The summed E-state index contributed by atoms with van der Waals surface area (Å²) in [6, 6.07) is 8.83. The van der Waals surface area contributed by atoms with Gasteiger partial charge in [-0.05, 0) is 31.4 Å². The highest BCUT2D eigenvalue weighted by Gasteiger charge is 2.28. The van der Waals surface area contributed by atoms with Gasteiger partial charge in [0.2, 0.25) is 0 Å². The average molecular weight is 341 g/mol. The number of ether oxygens (including phenoxy) is 1. The fraction of sp³-hybridized carbons (Fsp3) is 0.533. The third kappa shape index (κ3) is 5.49. The van der Waals surface area contributed by atoms with E-state index in [9.17, 15) is 13.2 Å². The van der Waals surface area contributed by atoms with Crippen LogP contribution in [-0.2, 0) is 14.9 Å². The van der Waals surface area contributed by atoms with Crippen molar-refractivity contribution in [1.82, 2.24) is 9.03 Å². The molecule has 1 aromatic rings. The summed E-state index contributed by atoms with van der Waals surface area (Å²) < 4.78 is 32.9. The van der Waals surface area contributed by atoms with E-state index in [1.54, 1.807) is 12.1 Å². The monoisotopic (exact) mass is 341 g/mol. The van der Waals surface area contributed by atoms with Crippen molar-refractivity contribution >= 4 is 22.0 Å². The van der Waals surface area contributed by atoms with E-state index < -0.39 is 16.3 Å². The SMILES string of the molecule is CN(C)S(=O)(=O)NC1CCCC(OC(=O)Nc2ccccc2)C1. The fourth-order valence-electron chi connectivity index (χ4n) is 2.50. The molecule has 23 heavy (non-hydrogen) atoms. The van der Waals surface area contributed by atoms with E-state index in [0.29, 0.717) is 12.1 Å². The van der Waals surface area contributed by atoms with Gasteiger partial charge in [0.15, 0.2) is 0 Å². The smallest absolute Gasteiger partial charge is 0.411 e. The lowest BCUT2D eigenvalue weighted by atomic mass is 9.94. The predicted molar refractivity (Wildman–Crippen MR) is 88.3 cm³/mol. The molecule has 1 saturated carbocycles. The largest absolute Gasteiger partial charge is 0.446 e. The van der Waals surface area contributed by atoms with Gasteiger partial charge in [0.1, 0.15) is 6.10 Å². The lowest BCUT2D eigenvalue weighted by molar-refractivity contribution is 0.0791. The van der Waals surface area contributed by atoms with Gasteiger partial charge in [0, 0.05) is 32.2 Å². The van der Waals surface area contributed by atoms with Crippen LogP contribution in [0.5, 0.6) is 0 Å². The Morgan fingerprint density at radius 2 is 1.91 bits per heavy atom. The highest BCUT2D eigenvalue weighted by atomic mass is 32.2. The Morgan fingerprint density at radius 3 is 2.57 bits per heavy atom. The van der Waals surface area contributed by atoms with Crippen molar-refractivity contribution in [2.75, 3.05) is 19.4 Å². The number of carbonyl (C=O) groups excluding carboxylic acids is 1. The molecule has 1 aromatic carbocycles. The number of nitrogens with zero attached hydrogens (tertiary/aromatic N) is 1. The molecule has 8 heteroatoms.